The van der Waals surface area contributed by atoms with Crippen LogP contribution in [0, 0.1) is 5.92 Å². The highest BCUT2D eigenvalue weighted by Crippen LogP contribution is 2.31. The zero-order chi connectivity index (χ0) is 20.7. The SMILES string of the molecule is CNC(=O)CC1(NC(=O)[C@H](CC(C)C)NC(=O)OC(C)(C)C)CCCCC1. The van der Waals surface area contributed by atoms with Crippen molar-refractivity contribution in [2.75, 3.05) is 7.05 Å². The first-order chi connectivity index (χ1) is 12.5. The van der Waals surface area contributed by atoms with Crippen LogP contribution in [0.15, 0.2) is 0 Å². The first-order valence-corrected chi connectivity index (χ1v) is 9.98. The number of amides is 3. The van der Waals surface area contributed by atoms with E-state index in [1.807, 2.05) is 13.8 Å². The molecule has 1 aliphatic rings. The fraction of sp³-hybridized carbons (Fsp3) is 0.850. The van der Waals surface area contributed by atoms with Crippen molar-refractivity contribution in [1.29, 1.82) is 0 Å². The van der Waals surface area contributed by atoms with Gasteiger partial charge in [-0.3, -0.25) is 9.59 Å². The van der Waals surface area contributed by atoms with Crippen molar-refractivity contribution >= 4 is 17.9 Å². The molecule has 7 heteroatoms. The minimum absolute atomic E-state index is 0.0855. The van der Waals surface area contributed by atoms with E-state index in [-0.39, 0.29) is 24.2 Å². The molecule has 1 atom stereocenters. The number of ether oxygens (including phenoxy) is 1. The number of hydrogen-bond acceptors (Lipinski definition) is 4. The molecule has 0 spiro atoms. The van der Waals surface area contributed by atoms with Gasteiger partial charge in [0.05, 0.1) is 0 Å². The van der Waals surface area contributed by atoms with Crippen LogP contribution in [0.2, 0.25) is 0 Å². The molecular formula is C20H37N3O4. The predicted octanol–water partition coefficient (Wildman–Crippen LogP) is 2.88. The zero-order valence-corrected chi connectivity index (χ0v) is 17.7. The van der Waals surface area contributed by atoms with Crippen molar-refractivity contribution in [1.82, 2.24) is 16.0 Å². The molecule has 0 heterocycles. The summed E-state index contributed by atoms with van der Waals surface area (Å²) in [6.07, 6.45) is 4.76. The molecule has 1 fully saturated rings. The van der Waals surface area contributed by atoms with Gasteiger partial charge >= 0.3 is 6.09 Å². The Morgan fingerprint density at radius 2 is 1.67 bits per heavy atom. The van der Waals surface area contributed by atoms with Gasteiger partial charge in [0.2, 0.25) is 11.8 Å². The van der Waals surface area contributed by atoms with Gasteiger partial charge in [0, 0.05) is 19.0 Å². The molecule has 3 N–H and O–H groups in total. The van der Waals surface area contributed by atoms with Gasteiger partial charge in [0.15, 0.2) is 0 Å². The summed E-state index contributed by atoms with van der Waals surface area (Å²) in [5, 5.41) is 8.46. The molecule has 0 unspecified atom stereocenters. The van der Waals surface area contributed by atoms with Gasteiger partial charge < -0.3 is 20.7 Å². The summed E-state index contributed by atoms with van der Waals surface area (Å²) in [7, 11) is 1.60. The third-order valence-corrected chi connectivity index (χ3v) is 4.69. The van der Waals surface area contributed by atoms with Crippen LogP contribution in [-0.2, 0) is 14.3 Å². The third kappa shape index (κ3) is 8.63. The number of hydrogen-bond donors (Lipinski definition) is 3. The van der Waals surface area contributed by atoms with Crippen LogP contribution >= 0.6 is 0 Å². The summed E-state index contributed by atoms with van der Waals surface area (Å²) in [5.74, 6) is -0.116. The smallest absolute Gasteiger partial charge is 0.408 e. The molecule has 0 aromatic rings. The molecule has 3 amide bonds. The van der Waals surface area contributed by atoms with Gasteiger partial charge in [-0.2, -0.15) is 0 Å². The molecule has 0 bridgehead atoms. The molecule has 27 heavy (non-hydrogen) atoms. The molecular weight excluding hydrogens is 346 g/mol. The summed E-state index contributed by atoms with van der Waals surface area (Å²) in [6, 6.07) is -0.691. The number of carbonyl (C=O) groups is 3. The standard InChI is InChI=1S/C20H37N3O4/c1-14(2)12-15(22-18(26)27-19(3,4)5)17(25)23-20(13-16(24)21-6)10-8-7-9-11-20/h14-15H,7-13H2,1-6H3,(H,21,24)(H,22,26)(H,23,25)/t15-/m0/s1. The highest BCUT2D eigenvalue weighted by atomic mass is 16.6. The van der Waals surface area contributed by atoms with Gasteiger partial charge in [0.1, 0.15) is 11.6 Å². The van der Waals surface area contributed by atoms with Crippen LogP contribution in [0.5, 0.6) is 0 Å². The fourth-order valence-electron chi connectivity index (χ4n) is 3.47. The van der Waals surface area contributed by atoms with Crippen LogP contribution in [0.4, 0.5) is 4.79 Å². The first kappa shape index (κ1) is 23.2. The second-order valence-electron chi connectivity index (χ2n) is 9.01. The lowest BCUT2D eigenvalue weighted by molar-refractivity contribution is -0.128. The van der Waals surface area contributed by atoms with E-state index in [1.165, 1.54) is 0 Å². The molecule has 0 aliphatic heterocycles. The Bertz CT molecular complexity index is 520. The number of alkyl carbamates (subject to hydrolysis) is 1. The van der Waals surface area contributed by atoms with Crippen molar-refractivity contribution in [3.8, 4) is 0 Å². The molecule has 0 radical (unpaired) electrons. The van der Waals surface area contributed by atoms with E-state index in [2.05, 4.69) is 16.0 Å². The van der Waals surface area contributed by atoms with E-state index in [0.29, 0.717) is 6.42 Å². The van der Waals surface area contributed by atoms with Gasteiger partial charge in [-0.25, -0.2) is 4.79 Å². The van der Waals surface area contributed by atoms with Crippen molar-refractivity contribution < 1.29 is 19.1 Å². The van der Waals surface area contributed by atoms with Crippen molar-refractivity contribution in [3.05, 3.63) is 0 Å². The minimum atomic E-state index is -0.691. The van der Waals surface area contributed by atoms with Crippen LogP contribution < -0.4 is 16.0 Å². The van der Waals surface area contributed by atoms with Crippen LogP contribution in [0.3, 0.4) is 0 Å². The van der Waals surface area contributed by atoms with Gasteiger partial charge in [-0.1, -0.05) is 33.1 Å². The molecule has 0 saturated heterocycles. The Morgan fingerprint density at radius 1 is 1.07 bits per heavy atom. The van der Waals surface area contributed by atoms with E-state index in [0.717, 1.165) is 32.1 Å². The molecule has 7 nitrogen and oxygen atoms in total. The lowest BCUT2D eigenvalue weighted by Crippen LogP contribution is -2.58. The normalized spacial score (nSPS) is 17.7. The summed E-state index contributed by atoms with van der Waals surface area (Å²) >= 11 is 0. The maximum absolute atomic E-state index is 13.0. The minimum Gasteiger partial charge on any atom is -0.444 e. The molecule has 156 valence electrons. The topological polar surface area (TPSA) is 96.5 Å². The van der Waals surface area contributed by atoms with E-state index in [9.17, 15) is 14.4 Å². The van der Waals surface area contributed by atoms with E-state index in [1.54, 1.807) is 27.8 Å². The summed E-state index contributed by atoms with van der Waals surface area (Å²) < 4.78 is 5.30. The highest BCUT2D eigenvalue weighted by Gasteiger charge is 2.37. The predicted molar refractivity (Wildman–Crippen MR) is 105 cm³/mol. The van der Waals surface area contributed by atoms with Gasteiger partial charge in [-0.15, -0.1) is 0 Å². The zero-order valence-electron chi connectivity index (χ0n) is 17.7. The molecule has 1 saturated carbocycles. The number of carbonyl (C=O) groups excluding carboxylic acids is 3. The largest absolute Gasteiger partial charge is 0.444 e. The Morgan fingerprint density at radius 3 is 2.15 bits per heavy atom. The van der Waals surface area contributed by atoms with Crippen molar-refractivity contribution in [3.63, 3.8) is 0 Å². The quantitative estimate of drug-likeness (QED) is 0.630. The van der Waals surface area contributed by atoms with Crippen LogP contribution in [-0.4, -0.2) is 42.1 Å². The number of nitrogens with one attached hydrogen (secondary N) is 3. The molecule has 1 rings (SSSR count). The monoisotopic (exact) mass is 383 g/mol. The molecule has 0 aromatic carbocycles. The molecule has 0 aromatic heterocycles. The third-order valence-electron chi connectivity index (χ3n) is 4.69. The maximum Gasteiger partial charge on any atom is 0.408 e. The van der Waals surface area contributed by atoms with Crippen molar-refractivity contribution in [2.45, 2.75) is 96.7 Å². The average Bonchev–Trinajstić information content (AvgIpc) is 2.52. The van der Waals surface area contributed by atoms with E-state index >= 15 is 0 Å². The summed E-state index contributed by atoms with van der Waals surface area (Å²) in [4.78, 5) is 37.2. The number of rotatable bonds is 7. The summed E-state index contributed by atoms with van der Waals surface area (Å²) in [5.41, 5.74) is -1.17. The Hall–Kier alpha value is -1.79. The van der Waals surface area contributed by atoms with Gasteiger partial charge in [-0.05, 0) is 46.0 Å². The lowest BCUT2D eigenvalue weighted by atomic mass is 9.78. The fourth-order valence-corrected chi connectivity index (χ4v) is 3.47. The Balaban J connectivity index is 2.88. The Labute approximate surface area is 163 Å². The van der Waals surface area contributed by atoms with Crippen LogP contribution in [0.25, 0.3) is 0 Å². The molecule has 1 aliphatic carbocycles. The van der Waals surface area contributed by atoms with Crippen LogP contribution in [0.1, 0.15) is 79.6 Å². The first-order valence-electron chi connectivity index (χ1n) is 9.98. The van der Waals surface area contributed by atoms with E-state index in [4.69, 9.17) is 4.74 Å². The maximum atomic E-state index is 13.0. The average molecular weight is 384 g/mol. The van der Waals surface area contributed by atoms with Gasteiger partial charge in [0.25, 0.3) is 0 Å². The summed E-state index contributed by atoms with van der Waals surface area (Å²) in [6.45, 7) is 9.34. The second kappa shape index (κ2) is 9.95. The second-order valence-corrected chi connectivity index (χ2v) is 9.01. The van der Waals surface area contributed by atoms with Crippen molar-refractivity contribution in [2.24, 2.45) is 5.92 Å². The highest BCUT2D eigenvalue weighted by molar-refractivity contribution is 5.87. The van der Waals surface area contributed by atoms with E-state index < -0.39 is 23.3 Å². The lowest BCUT2D eigenvalue weighted by Gasteiger charge is -2.39. The Kier molecular flexibility index (Phi) is 8.57.